The third-order valence-corrected chi connectivity index (χ3v) is 4.58. The van der Waals surface area contributed by atoms with Crippen LogP contribution in [0.15, 0.2) is 35.7 Å². The number of amidine groups is 1. The third kappa shape index (κ3) is 2.69. The summed E-state index contributed by atoms with van der Waals surface area (Å²) in [5, 5.41) is 9.58. The zero-order chi connectivity index (χ0) is 13.2. The van der Waals surface area contributed by atoms with Gasteiger partial charge >= 0.3 is 0 Å². The van der Waals surface area contributed by atoms with Crippen LogP contribution in [0.5, 0.6) is 0 Å². The molecule has 0 atom stereocenters. The third-order valence-electron chi connectivity index (χ3n) is 3.56. The minimum atomic E-state index is 0.132. The first-order chi connectivity index (χ1) is 9.22. The minimum absolute atomic E-state index is 0.132. The summed E-state index contributed by atoms with van der Waals surface area (Å²) in [6.07, 6.45) is 1.17. The Balaban J connectivity index is 1.68. The van der Waals surface area contributed by atoms with Crippen molar-refractivity contribution in [3.8, 4) is 0 Å². The Bertz CT molecular complexity index is 586. The number of hydrogen-bond donors (Lipinski definition) is 2. The van der Waals surface area contributed by atoms with Crippen molar-refractivity contribution in [1.82, 2.24) is 4.90 Å². The molecule has 3 nitrogen and oxygen atoms in total. The van der Waals surface area contributed by atoms with Gasteiger partial charge in [0.15, 0.2) is 0 Å². The predicted molar refractivity (Wildman–Crippen MR) is 79.6 cm³/mol. The van der Waals surface area contributed by atoms with Gasteiger partial charge in [-0.2, -0.15) is 0 Å². The molecule has 1 aliphatic rings. The van der Waals surface area contributed by atoms with E-state index in [1.807, 2.05) is 23.5 Å². The van der Waals surface area contributed by atoms with E-state index in [0.29, 0.717) is 0 Å². The Morgan fingerprint density at radius 1 is 1.26 bits per heavy atom. The molecule has 0 radical (unpaired) electrons. The molecule has 1 aliphatic heterocycles. The van der Waals surface area contributed by atoms with Crippen LogP contribution < -0.4 is 5.73 Å². The molecule has 1 aromatic heterocycles. The standard InChI is InChI=1S/C15H17N3S/c16-15(17)12-3-1-11(2-4-12)9-18-7-5-14-13(10-18)6-8-19-14/h1-4,6,8H,5,7,9-10H2,(H3,16,17). The quantitative estimate of drug-likeness (QED) is 0.666. The molecule has 2 aromatic rings. The van der Waals surface area contributed by atoms with E-state index in [4.69, 9.17) is 11.1 Å². The summed E-state index contributed by atoms with van der Waals surface area (Å²) in [4.78, 5) is 4.01. The number of thiophene rings is 1. The van der Waals surface area contributed by atoms with Crippen molar-refractivity contribution in [2.45, 2.75) is 19.5 Å². The summed E-state index contributed by atoms with van der Waals surface area (Å²) in [6.45, 7) is 3.14. The lowest BCUT2D eigenvalue weighted by atomic mass is 10.1. The summed E-state index contributed by atoms with van der Waals surface area (Å²) in [5.74, 6) is 0.132. The molecule has 3 rings (SSSR count). The first-order valence-electron chi connectivity index (χ1n) is 6.43. The van der Waals surface area contributed by atoms with Gasteiger partial charge < -0.3 is 5.73 Å². The Labute approximate surface area is 117 Å². The first-order valence-corrected chi connectivity index (χ1v) is 7.31. The van der Waals surface area contributed by atoms with Gasteiger partial charge in [-0.1, -0.05) is 24.3 Å². The van der Waals surface area contributed by atoms with Crippen molar-refractivity contribution in [2.75, 3.05) is 6.54 Å². The van der Waals surface area contributed by atoms with Crippen LogP contribution in [0.1, 0.15) is 21.6 Å². The van der Waals surface area contributed by atoms with E-state index in [0.717, 1.165) is 25.2 Å². The van der Waals surface area contributed by atoms with Crippen LogP contribution >= 0.6 is 11.3 Å². The zero-order valence-corrected chi connectivity index (χ0v) is 11.5. The molecule has 0 amide bonds. The van der Waals surface area contributed by atoms with Gasteiger partial charge in [0.05, 0.1) is 0 Å². The van der Waals surface area contributed by atoms with E-state index in [2.05, 4.69) is 28.5 Å². The van der Waals surface area contributed by atoms with Crippen LogP contribution in [0.2, 0.25) is 0 Å². The van der Waals surface area contributed by atoms with Crippen LogP contribution in [0.3, 0.4) is 0 Å². The maximum Gasteiger partial charge on any atom is 0.122 e. The lowest BCUT2D eigenvalue weighted by molar-refractivity contribution is 0.247. The normalized spacial score (nSPS) is 15.2. The van der Waals surface area contributed by atoms with E-state index in [-0.39, 0.29) is 5.84 Å². The number of benzene rings is 1. The molecule has 0 saturated heterocycles. The van der Waals surface area contributed by atoms with Crippen molar-refractivity contribution in [2.24, 2.45) is 5.73 Å². The average molecular weight is 271 g/mol. The van der Waals surface area contributed by atoms with Gasteiger partial charge in [0.1, 0.15) is 5.84 Å². The van der Waals surface area contributed by atoms with Gasteiger partial charge in [0.25, 0.3) is 0 Å². The fraction of sp³-hybridized carbons (Fsp3) is 0.267. The van der Waals surface area contributed by atoms with Crippen LogP contribution in [-0.4, -0.2) is 17.3 Å². The molecule has 2 heterocycles. The average Bonchev–Trinajstić information content (AvgIpc) is 2.87. The van der Waals surface area contributed by atoms with Crippen molar-refractivity contribution in [3.05, 3.63) is 57.3 Å². The SMILES string of the molecule is N=C(N)c1ccc(CN2CCc3sccc3C2)cc1. The van der Waals surface area contributed by atoms with Crippen LogP contribution in [0, 0.1) is 5.41 Å². The van der Waals surface area contributed by atoms with Gasteiger partial charge in [-0.25, -0.2) is 0 Å². The highest BCUT2D eigenvalue weighted by molar-refractivity contribution is 7.10. The van der Waals surface area contributed by atoms with E-state index < -0.39 is 0 Å². The van der Waals surface area contributed by atoms with E-state index in [1.54, 1.807) is 4.88 Å². The Morgan fingerprint density at radius 2 is 2.05 bits per heavy atom. The van der Waals surface area contributed by atoms with Crippen LogP contribution in [0.25, 0.3) is 0 Å². The second-order valence-electron chi connectivity index (χ2n) is 4.94. The molecule has 0 spiro atoms. The molecule has 19 heavy (non-hydrogen) atoms. The van der Waals surface area contributed by atoms with E-state index in [9.17, 15) is 0 Å². The molecule has 0 saturated carbocycles. The molecular weight excluding hydrogens is 254 g/mol. The van der Waals surface area contributed by atoms with E-state index >= 15 is 0 Å². The van der Waals surface area contributed by atoms with Gasteiger partial charge in [0.2, 0.25) is 0 Å². The molecule has 0 fully saturated rings. The highest BCUT2D eigenvalue weighted by Gasteiger charge is 2.16. The lowest BCUT2D eigenvalue weighted by Crippen LogP contribution is -2.29. The molecule has 98 valence electrons. The monoisotopic (exact) mass is 271 g/mol. The highest BCUT2D eigenvalue weighted by atomic mass is 32.1. The van der Waals surface area contributed by atoms with Crippen molar-refractivity contribution in [3.63, 3.8) is 0 Å². The van der Waals surface area contributed by atoms with Crippen LogP contribution in [0.4, 0.5) is 0 Å². The number of nitrogen functional groups attached to an aromatic ring is 1. The fourth-order valence-corrected chi connectivity index (χ4v) is 3.38. The maximum atomic E-state index is 7.39. The van der Waals surface area contributed by atoms with Gasteiger partial charge in [-0.3, -0.25) is 10.3 Å². The number of fused-ring (bicyclic) bond motifs is 1. The Morgan fingerprint density at radius 3 is 2.79 bits per heavy atom. The molecular formula is C15H17N3S. The van der Waals surface area contributed by atoms with Gasteiger partial charge in [0, 0.05) is 30.1 Å². The highest BCUT2D eigenvalue weighted by Crippen LogP contribution is 2.24. The predicted octanol–water partition coefficient (Wildman–Crippen LogP) is 2.59. The second-order valence-corrected chi connectivity index (χ2v) is 5.94. The zero-order valence-electron chi connectivity index (χ0n) is 10.7. The number of rotatable bonds is 3. The van der Waals surface area contributed by atoms with Gasteiger partial charge in [-0.15, -0.1) is 11.3 Å². The minimum Gasteiger partial charge on any atom is -0.384 e. The van der Waals surface area contributed by atoms with Crippen LogP contribution in [-0.2, 0) is 19.5 Å². The summed E-state index contributed by atoms with van der Waals surface area (Å²) in [7, 11) is 0. The summed E-state index contributed by atoms with van der Waals surface area (Å²) in [5.41, 5.74) is 9.02. The fourth-order valence-electron chi connectivity index (χ4n) is 2.49. The van der Waals surface area contributed by atoms with E-state index in [1.165, 1.54) is 17.5 Å². The molecule has 0 bridgehead atoms. The molecule has 0 unspecified atom stereocenters. The number of hydrogen-bond acceptors (Lipinski definition) is 3. The molecule has 1 aromatic carbocycles. The molecule has 3 N–H and O–H groups in total. The largest absolute Gasteiger partial charge is 0.384 e. The Kier molecular flexibility index (Phi) is 3.36. The van der Waals surface area contributed by atoms with Gasteiger partial charge in [-0.05, 0) is 29.0 Å². The lowest BCUT2D eigenvalue weighted by Gasteiger charge is -2.26. The first kappa shape index (κ1) is 12.4. The van der Waals surface area contributed by atoms with Crippen molar-refractivity contribution in [1.29, 1.82) is 5.41 Å². The second kappa shape index (κ2) is 5.15. The number of nitrogens with zero attached hydrogens (tertiary/aromatic N) is 1. The topological polar surface area (TPSA) is 53.1 Å². The smallest absolute Gasteiger partial charge is 0.122 e. The summed E-state index contributed by atoms with van der Waals surface area (Å²) in [6, 6.07) is 10.2. The van der Waals surface area contributed by atoms with Crippen molar-refractivity contribution < 1.29 is 0 Å². The van der Waals surface area contributed by atoms with Crippen molar-refractivity contribution >= 4 is 17.2 Å². The summed E-state index contributed by atoms with van der Waals surface area (Å²) < 4.78 is 0. The molecule has 4 heteroatoms. The number of nitrogens with one attached hydrogen (secondary N) is 1. The molecule has 0 aliphatic carbocycles. The number of nitrogens with two attached hydrogens (primary N) is 1. The summed E-state index contributed by atoms with van der Waals surface area (Å²) >= 11 is 1.87. The Hall–Kier alpha value is -1.65. The maximum absolute atomic E-state index is 7.39.